The number of hydrogen-bond donors (Lipinski definition) is 0. The third-order valence-corrected chi connectivity index (χ3v) is 2.08. The first-order chi connectivity index (χ1) is 4.17. The molecule has 1 saturated carbocycles. The van der Waals surface area contributed by atoms with Crippen molar-refractivity contribution >= 4 is 0 Å². The van der Waals surface area contributed by atoms with Gasteiger partial charge in [0.2, 0.25) is 0 Å². The van der Waals surface area contributed by atoms with E-state index in [0.717, 1.165) is 12.5 Å². The maximum atomic E-state index is 5.55. The van der Waals surface area contributed by atoms with Crippen molar-refractivity contribution in [3.8, 4) is 0 Å². The smallest absolute Gasteiger partial charge is 0.0654 e. The molecule has 0 saturated heterocycles. The van der Waals surface area contributed by atoms with Gasteiger partial charge in [0.15, 0.2) is 0 Å². The van der Waals surface area contributed by atoms with E-state index < -0.39 is 0 Å². The molecule has 1 heteroatoms. The normalized spacial score (nSPS) is 20.3. The highest BCUT2D eigenvalue weighted by Crippen LogP contribution is 2.41. The molecule has 0 aromatic rings. The molecule has 1 aliphatic carbocycles. The van der Waals surface area contributed by atoms with Gasteiger partial charge in [0.25, 0.3) is 0 Å². The molecule has 0 aromatic heterocycles. The fourth-order valence-electron chi connectivity index (χ4n) is 1.27. The van der Waals surface area contributed by atoms with Gasteiger partial charge in [-0.15, -0.1) is 0 Å². The van der Waals surface area contributed by atoms with Crippen molar-refractivity contribution in [3.05, 3.63) is 0 Å². The molecule has 1 rings (SSSR count). The lowest BCUT2D eigenvalue weighted by molar-refractivity contribution is -0.0269. The summed E-state index contributed by atoms with van der Waals surface area (Å²) in [6.45, 7) is 7.29. The summed E-state index contributed by atoms with van der Waals surface area (Å²) in [5.41, 5.74) is 0.161. The fourth-order valence-corrected chi connectivity index (χ4v) is 1.27. The SMILES string of the molecule is CCOC(C)(C)C1CC1. The topological polar surface area (TPSA) is 9.23 Å². The summed E-state index contributed by atoms with van der Waals surface area (Å²) in [5.74, 6) is 0.845. The predicted octanol–water partition coefficient (Wildman–Crippen LogP) is 2.21. The lowest BCUT2D eigenvalue weighted by Gasteiger charge is -2.23. The van der Waals surface area contributed by atoms with Crippen LogP contribution in [-0.2, 0) is 4.74 Å². The zero-order chi connectivity index (χ0) is 6.91. The van der Waals surface area contributed by atoms with Crippen LogP contribution in [0.3, 0.4) is 0 Å². The molecule has 0 spiro atoms. The minimum Gasteiger partial charge on any atom is -0.376 e. The molecule has 9 heavy (non-hydrogen) atoms. The van der Waals surface area contributed by atoms with Gasteiger partial charge in [0.05, 0.1) is 5.60 Å². The summed E-state index contributed by atoms with van der Waals surface area (Å²) < 4.78 is 5.55. The first-order valence-electron chi connectivity index (χ1n) is 3.81. The molecule has 0 atom stereocenters. The molecule has 0 radical (unpaired) electrons. The Morgan fingerprint density at radius 1 is 1.44 bits per heavy atom. The van der Waals surface area contributed by atoms with Gasteiger partial charge in [-0.1, -0.05) is 0 Å². The molecule has 0 heterocycles. The maximum Gasteiger partial charge on any atom is 0.0654 e. The van der Waals surface area contributed by atoms with Gasteiger partial charge >= 0.3 is 0 Å². The average molecular weight is 128 g/mol. The summed E-state index contributed by atoms with van der Waals surface area (Å²) in [4.78, 5) is 0. The van der Waals surface area contributed by atoms with Crippen molar-refractivity contribution in [3.63, 3.8) is 0 Å². The van der Waals surface area contributed by atoms with Crippen LogP contribution < -0.4 is 0 Å². The summed E-state index contributed by atoms with van der Waals surface area (Å²) in [7, 11) is 0. The Labute approximate surface area is 57.4 Å². The van der Waals surface area contributed by atoms with Crippen molar-refractivity contribution in [1.82, 2.24) is 0 Å². The molecule has 1 aliphatic rings. The minimum absolute atomic E-state index is 0.161. The second kappa shape index (κ2) is 2.30. The summed E-state index contributed by atoms with van der Waals surface area (Å²) in [5, 5.41) is 0. The van der Waals surface area contributed by atoms with Crippen LogP contribution in [0.5, 0.6) is 0 Å². The largest absolute Gasteiger partial charge is 0.376 e. The third kappa shape index (κ3) is 1.68. The molecule has 0 aliphatic heterocycles. The van der Waals surface area contributed by atoms with Crippen LogP contribution in [0.1, 0.15) is 33.6 Å². The van der Waals surface area contributed by atoms with E-state index in [2.05, 4.69) is 20.8 Å². The van der Waals surface area contributed by atoms with E-state index >= 15 is 0 Å². The minimum atomic E-state index is 0.161. The first kappa shape index (κ1) is 7.07. The Bertz CT molecular complexity index is 92.7. The van der Waals surface area contributed by atoms with Gasteiger partial charge in [0, 0.05) is 6.61 Å². The van der Waals surface area contributed by atoms with E-state index in [9.17, 15) is 0 Å². The lowest BCUT2D eigenvalue weighted by Crippen LogP contribution is -2.26. The Hall–Kier alpha value is -0.0400. The highest BCUT2D eigenvalue weighted by Gasteiger charge is 2.38. The Balaban J connectivity index is 2.30. The first-order valence-corrected chi connectivity index (χ1v) is 3.81. The fraction of sp³-hybridized carbons (Fsp3) is 1.00. The molecule has 0 amide bonds. The molecule has 0 unspecified atom stereocenters. The van der Waals surface area contributed by atoms with Crippen LogP contribution in [0, 0.1) is 5.92 Å². The molecular weight excluding hydrogens is 112 g/mol. The van der Waals surface area contributed by atoms with E-state index in [1.165, 1.54) is 12.8 Å². The number of hydrogen-bond acceptors (Lipinski definition) is 1. The molecule has 54 valence electrons. The maximum absolute atomic E-state index is 5.55. The van der Waals surface area contributed by atoms with Crippen LogP contribution in [0.4, 0.5) is 0 Å². The lowest BCUT2D eigenvalue weighted by atomic mass is 10.0. The highest BCUT2D eigenvalue weighted by molar-refractivity contribution is 4.89. The monoisotopic (exact) mass is 128 g/mol. The average Bonchev–Trinajstić information content (AvgIpc) is 2.41. The van der Waals surface area contributed by atoms with Crippen molar-refractivity contribution in [2.75, 3.05) is 6.61 Å². The zero-order valence-corrected chi connectivity index (χ0v) is 6.61. The van der Waals surface area contributed by atoms with Crippen LogP contribution in [0.15, 0.2) is 0 Å². The Morgan fingerprint density at radius 3 is 2.33 bits per heavy atom. The van der Waals surface area contributed by atoms with Crippen LogP contribution in [-0.4, -0.2) is 12.2 Å². The predicted molar refractivity (Wildman–Crippen MR) is 38.4 cm³/mol. The van der Waals surface area contributed by atoms with E-state index in [0.29, 0.717) is 0 Å². The molecular formula is C8H16O. The van der Waals surface area contributed by atoms with Crippen molar-refractivity contribution in [1.29, 1.82) is 0 Å². The third-order valence-electron chi connectivity index (χ3n) is 2.08. The number of rotatable bonds is 3. The van der Waals surface area contributed by atoms with Gasteiger partial charge in [-0.3, -0.25) is 0 Å². The van der Waals surface area contributed by atoms with Gasteiger partial charge in [0.1, 0.15) is 0 Å². The standard InChI is InChI=1S/C8H16O/c1-4-9-8(2,3)7-5-6-7/h7H,4-6H2,1-3H3. The van der Waals surface area contributed by atoms with Gasteiger partial charge in [-0.05, 0) is 39.5 Å². The summed E-state index contributed by atoms with van der Waals surface area (Å²) in [6.07, 6.45) is 2.74. The van der Waals surface area contributed by atoms with E-state index in [-0.39, 0.29) is 5.60 Å². The van der Waals surface area contributed by atoms with E-state index in [4.69, 9.17) is 4.74 Å². The molecule has 0 bridgehead atoms. The quantitative estimate of drug-likeness (QED) is 0.566. The molecule has 0 aromatic carbocycles. The molecule has 0 N–H and O–H groups in total. The van der Waals surface area contributed by atoms with Crippen molar-refractivity contribution in [2.45, 2.75) is 39.2 Å². The van der Waals surface area contributed by atoms with Gasteiger partial charge < -0.3 is 4.74 Å². The Morgan fingerprint density at radius 2 is 2.00 bits per heavy atom. The van der Waals surface area contributed by atoms with E-state index in [1.54, 1.807) is 0 Å². The van der Waals surface area contributed by atoms with Crippen LogP contribution in [0.25, 0.3) is 0 Å². The van der Waals surface area contributed by atoms with Crippen LogP contribution >= 0.6 is 0 Å². The van der Waals surface area contributed by atoms with Crippen LogP contribution in [0.2, 0.25) is 0 Å². The molecule has 1 fully saturated rings. The highest BCUT2D eigenvalue weighted by atomic mass is 16.5. The number of ether oxygens (including phenoxy) is 1. The molecule has 1 nitrogen and oxygen atoms in total. The van der Waals surface area contributed by atoms with Crippen molar-refractivity contribution < 1.29 is 4.74 Å². The summed E-state index contributed by atoms with van der Waals surface area (Å²) >= 11 is 0. The van der Waals surface area contributed by atoms with Crippen molar-refractivity contribution in [2.24, 2.45) is 5.92 Å². The second-order valence-electron chi connectivity index (χ2n) is 3.31. The second-order valence-corrected chi connectivity index (χ2v) is 3.31. The van der Waals surface area contributed by atoms with Gasteiger partial charge in [-0.2, -0.15) is 0 Å². The van der Waals surface area contributed by atoms with E-state index in [1.807, 2.05) is 0 Å². The summed E-state index contributed by atoms with van der Waals surface area (Å²) in [6, 6.07) is 0. The Kier molecular flexibility index (Phi) is 1.80. The zero-order valence-electron chi connectivity index (χ0n) is 6.61. The van der Waals surface area contributed by atoms with Gasteiger partial charge in [-0.25, -0.2) is 0 Å².